The largest absolute Gasteiger partial charge is 0.491 e. The molecule has 1 saturated carbocycles. The Balaban J connectivity index is 1.98. The summed E-state index contributed by atoms with van der Waals surface area (Å²) in [6, 6.07) is 4.13. The topological polar surface area (TPSA) is 107 Å². The molecule has 1 aliphatic rings. The van der Waals surface area contributed by atoms with Gasteiger partial charge in [0.05, 0.1) is 4.92 Å². The number of primary amides is 1. The predicted molar refractivity (Wildman–Crippen MR) is 72.5 cm³/mol. The Morgan fingerprint density at radius 2 is 2.30 bits per heavy atom. The highest BCUT2D eigenvalue weighted by molar-refractivity contribution is 5.80. The van der Waals surface area contributed by atoms with Crippen LogP contribution in [0.5, 0.6) is 5.75 Å². The average Bonchev–Trinajstić information content (AvgIpc) is 3.19. The van der Waals surface area contributed by atoms with Crippen LogP contribution in [0.4, 0.5) is 5.69 Å². The van der Waals surface area contributed by atoms with Gasteiger partial charge in [0, 0.05) is 18.2 Å². The van der Waals surface area contributed by atoms with E-state index in [-0.39, 0.29) is 12.3 Å². The minimum Gasteiger partial charge on any atom is -0.491 e. The van der Waals surface area contributed by atoms with Crippen molar-refractivity contribution in [3.05, 3.63) is 33.9 Å². The lowest BCUT2D eigenvalue weighted by Gasteiger charge is -2.16. The number of carbonyl (C=O) groups is 1. The van der Waals surface area contributed by atoms with Crippen LogP contribution in [0.15, 0.2) is 18.2 Å². The zero-order valence-electron chi connectivity index (χ0n) is 11.2. The number of carbonyl (C=O) groups excluding carboxylic acids is 1. The lowest BCUT2D eigenvalue weighted by atomic mass is 10.2. The highest BCUT2D eigenvalue weighted by Crippen LogP contribution is 2.24. The van der Waals surface area contributed by atoms with Gasteiger partial charge >= 0.3 is 0 Å². The molecule has 0 saturated heterocycles. The molecule has 20 heavy (non-hydrogen) atoms. The van der Waals surface area contributed by atoms with Crippen LogP contribution in [0, 0.1) is 17.0 Å². The third-order valence-electron chi connectivity index (χ3n) is 3.13. The monoisotopic (exact) mass is 279 g/mol. The Bertz CT molecular complexity index is 528. The first-order valence-corrected chi connectivity index (χ1v) is 6.40. The van der Waals surface area contributed by atoms with Gasteiger partial charge in [0.25, 0.3) is 5.69 Å². The van der Waals surface area contributed by atoms with Crippen molar-refractivity contribution in [2.24, 2.45) is 5.73 Å². The van der Waals surface area contributed by atoms with Crippen molar-refractivity contribution in [1.29, 1.82) is 0 Å². The maximum absolute atomic E-state index is 11.3. The minimum atomic E-state index is -0.544. The Hall–Kier alpha value is -2.15. The molecule has 7 heteroatoms. The fraction of sp³-hybridized carbons (Fsp3) is 0.462. The first kappa shape index (κ1) is 14.3. The van der Waals surface area contributed by atoms with Crippen LogP contribution in [0.25, 0.3) is 0 Å². The van der Waals surface area contributed by atoms with Gasteiger partial charge in [-0.1, -0.05) is 0 Å². The zero-order chi connectivity index (χ0) is 14.7. The first-order chi connectivity index (χ1) is 9.47. The number of nitro benzene ring substituents is 1. The number of ether oxygens (including phenoxy) is 1. The standard InChI is InChI=1S/C13H17N3O4/c1-8-6-10(16(18)19)4-5-12(8)20-7-11(13(14)17)15-9-2-3-9/h4-6,9,11,15H,2-3,7H2,1H3,(H2,14,17). The molecule has 1 amide bonds. The minimum absolute atomic E-state index is 0.0115. The third-order valence-corrected chi connectivity index (χ3v) is 3.13. The van der Waals surface area contributed by atoms with Gasteiger partial charge in [-0.3, -0.25) is 14.9 Å². The van der Waals surface area contributed by atoms with Crippen LogP contribution in [-0.2, 0) is 4.79 Å². The number of hydrogen-bond donors (Lipinski definition) is 2. The molecule has 1 aromatic rings. The number of benzene rings is 1. The molecule has 1 fully saturated rings. The number of aryl methyl sites for hydroxylation is 1. The van der Waals surface area contributed by atoms with Crippen molar-refractivity contribution in [1.82, 2.24) is 5.32 Å². The zero-order valence-corrected chi connectivity index (χ0v) is 11.2. The summed E-state index contributed by atoms with van der Waals surface area (Å²) in [7, 11) is 0. The van der Waals surface area contributed by atoms with Crippen molar-refractivity contribution in [3.8, 4) is 5.75 Å². The number of amides is 1. The second-order valence-electron chi connectivity index (χ2n) is 4.91. The van der Waals surface area contributed by atoms with Gasteiger partial charge in [-0.15, -0.1) is 0 Å². The SMILES string of the molecule is Cc1cc([N+](=O)[O-])ccc1OCC(NC1CC1)C(N)=O. The van der Waals surface area contributed by atoms with Crippen molar-refractivity contribution in [2.45, 2.75) is 31.8 Å². The van der Waals surface area contributed by atoms with Crippen molar-refractivity contribution < 1.29 is 14.5 Å². The molecule has 108 valence electrons. The molecule has 1 atom stereocenters. The molecule has 7 nitrogen and oxygen atoms in total. The van der Waals surface area contributed by atoms with Gasteiger partial charge in [0.2, 0.25) is 5.91 Å². The molecule has 0 radical (unpaired) electrons. The van der Waals surface area contributed by atoms with E-state index in [0.29, 0.717) is 17.4 Å². The summed E-state index contributed by atoms with van der Waals surface area (Å²) in [5.41, 5.74) is 5.97. The van der Waals surface area contributed by atoms with Crippen LogP contribution >= 0.6 is 0 Å². The van der Waals surface area contributed by atoms with E-state index >= 15 is 0 Å². The van der Waals surface area contributed by atoms with Crippen molar-refractivity contribution in [3.63, 3.8) is 0 Å². The van der Waals surface area contributed by atoms with E-state index < -0.39 is 16.9 Å². The summed E-state index contributed by atoms with van der Waals surface area (Å²) >= 11 is 0. The number of hydrogen-bond acceptors (Lipinski definition) is 5. The van der Waals surface area contributed by atoms with Crippen LogP contribution in [0.3, 0.4) is 0 Å². The summed E-state index contributed by atoms with van der Waals surface area (Å²) in [5.74, 6) is 0.0518. The van der Waals surface area contributed by atoms with Crippen LogP contribution in [0.1, 0.15) is 18.4 Å². The van der Waals surface area contributed by atoms with Crippen LogP contribution in [-0.4, -0.2) is 29.5 Å². The van der Waals surface area contributed by atoms with Crippen molar-refractivity contribution in [2.75, 3.05) is 6.61 Å². The number of nitrogens with two attached hydrogens (primary N) is 1. The summed E-state index contributed by atoms with van der Waals surface area (Å²) in [6.07, 6.45) is 2.08. The summed E-state index contributed by atoms with van der Waals surface area (Å²) in [5, 5.41) is 13.7. The Morgan fingerprint density at radius 1 is 1.60 bits per heavy atom. The molecular formula is C13H17N3O4. The maximum Gasteiger partial charge on any atom is 0.269 e. The molecule has 2 rings (SSSR count). The van der Waals surface area contributed by atoms with E-state index in [4.69, 9.17) is 10.5 Å². The Kier molecular flexibility index (Phi) is 4.19. The number of non-ortho nitro benzene ring substituents is 1. The second-order valence-corrected chi connectivity index (χ2v) is 4.91. The number of nitro groups is 1. The second kappa shape index (κ2) is 5.87. The van der Waals surface area contributed by atoms with E-state index in [2.05, 4.69) is 5.32 Å². The lowest BCUT2D eigenvalue weighted by Crippen LogP contribution is -2.46. The van der Waals surface area contributed by atoms with Gasteiger partial charge in [0.1, 0.15) is 18.4 Å². The number of nitrogens with one attached hydrogen (secondary N) is 1. The normalized spacial score (nSPS) is 15.7. The summed E-state index contributed by atoms with van der Waals surface area (Å²) < 4.78 is 5.54. The van der Waals surface area contributed by atoms with E-state index in [1.165, 1.54) is 18.2 Å². The quantitative estimate of drug-likeness (QED) is 0.569. The van der Waals surface area contributed by atoms with Crippen molar-refractivity contribution >= 4 is 11.6 Å². The molecule has 1 unspecified atom stereocenters. The molecule has 0 heterocycles. The average molecular weight is 279 g/mol. The Morgan fingerprint density at radius 3 is 2.80 bits per heavy atom. The van der Waals surface area contributed by atoms with E-state index in [1.807, 2.05) is 0 Å². The van der Waals surface area contributed by atoms with E-state index in [9.17, 15) is 14.9 Å². The van der Waals surface area contributed by atoms with E-state index in [1.54, 1.807) is 6.92 Å². The molecule has 1 aliphatic carbocycles. The fourth-order valence-corrected chi connectivity index (χ4v) is 1.83. The lowest BCUT2D eigenvalue weighted by molar-refractivity contribution is -0.384. The third kappa shape index (κ3) is 3.67. The fourth-order valence-electron chi connectivity index (χ4n) is 1.83. The summed E-state index contributed by atoms with van der Waals surface area (Å²) in [4.78, 5) is 21.5. The van der Waals surface area contributed by atoms with Gasteiger partial charge in [-0.2, -0.15) is 0 Å². The predicted octanol–water partition coefficient (Wildman–Crippen LogP) is 0.888. The maximum atomic E-state index is 11.3. The van der Waals surface area contributed by atoms with E-state index in [0.717, 1.165) is 12.8 Å². The highest BCUT2D eigenvalue weighted by Gasteiger charge is 2.27. The molecule has 0 spiro atoms. The first-order valence-electron chi connectivity index (χ1n) is 6.40. The smallest absolute Gasteiger partial charge is 0.269 e. The molecular weight excluding hydrogens is 262 g/mol. The highest BCUT2D eigenvalue weighted by atomic mass is 16.6. The molecule has 0 aliphatic heterocycles. The number of rotatable bonds is 7. The van der Waals surface area contributed by atoms with Gasteiger partial charge in [0.15, 0.2) is 0 Å². The Labute approximate surface area is 116 Å². The molecule has 1 aromatic carbocycles. The van der Waals surface area contributed by atoms with Gasteiger partial charge < -0.3 is 15.8 Å². The molecule has 0 aromatic heterocycles. The van der Waals surface area contributed by atoms with Gasteiger partial charge in [-0.25, -0.2) is 0 Å². The molecule has 0 bridgehead atoms. The summed E-state index contributed by atoms with van der Waals surface area (Å²) in [6.45, 7) is 1.83. The number of nitrogens with zero attached hydrogens (tertiary/aromatic N) is 1. The van der Waals surface area contributed by atoms with Gasteiger partial charge in [-0.05, 0) is 31.4 Å². The van der Waals surface area contributed by atoms with Crippen LogP contribution < -0.4 is 15.8 Å². The van der Waals surface area contributed by atoms with Crippen LogP contribution in [0.2, 0.25) is 0 Å². The molecule has 3 N–H and O–H groups in total.